The monoisotopic (exact) mass is 446 g/mol. The highest BCUT2D eigenvalue weighted by Crippen LogP contribution is 2.33. The van der Waals surface area contributed by atoms with Gasteiger partial charge in [0.2, 0.25) is 10.0 Å². The van der Waals surface area contributed by atoms with Crippen LogP contribution in [0.25, 0.3) is 33.0 Å². The number of rotatable bonds is 6. The van der Waals surface area contributed by atoms with E-state index in [0.29, 0.717) is 17.6 Å². The summed E-state index contributed by atoms with van der Waals surface area (Å²) < 4.78 is 28.1. The van der Waals surface area contributed by atoms with Crippen LogP contribution in [0.15, 0.2) is 83.8 Å². The third-order valence-corrected chi connectivity index (χ3v) is 7.59. The van der Waals surface area contributed by atoms with Gasteiger partial charge in [0.15, 0.2) is 0 Å². The highest BCUT2D eigenvalue weighted by molar-refractivity contribution is 7.92. The lowest BCUT2D eigenvalue weighted by Gasteiger charge is -2.23. The average molecular weight is 447 g/mol. The second-order valence-corrected chi connectivity index (χ2v) is 9.88. The molecule has 164 valence electrons. The van der Waals surface area contributed by atoms with Crippen molar-refractivity contribution in [2.75, 3.05) is 16.6 Å². The highest BCUT2D eigenvalue weighted by Gasteiger charge is 2.19. The Labute approximate surface area is 188 Å². The van der Waals surface area contributed by atoms with Crippen molar-refractivity contribution >= 4 is 26.5 Å². The minimum Gasteiger partial charge on any atom is -0.317 e. The van der Waals surface area contributed by atoms with E-state index in [1.165, 1.54) is 4.31 Å². The minimum absolute atomic E-state index is 0.0360. The van der Waals surface area contributed by atoms with Crippen molar-refractivity contribution in [2.24, 2.45) is 7.05 Å². The SMILES string of the molecule is CCN(c1cccc(-c2cn(C)c(=O)c3ccc(-c4ccccc4)cc23)c1)S(=O)(=O)CC. The first-order valence-corrected chi connectivity index (χ1v) is 12.3. The fourth-order valence-corrected chi connectivity index (χ4v) is 5.17. The largest absolute Gasteiger partial charge is 0.317 e. The first kappa shape index (κ1) is 21.8. The number of anilines is 1. The molecule has 0 saturated heterocycles. The molecule has 32 heavy (non-hydrogen) atoms. The molecule has 0 spiro atoms. The zero-order valence-corrected chi connectivity index (χ0v) is 19.3. The summed E-state index contributed by atoms with van der Waals surface area (Å²) in [6.45, 7) is 3.83. The molecule has 4 rings (SSSR count). The van der Waals surface area contributed by atoms with Gasteiger partial charge in [-0.2, -0.15) is 0 Å². The van der Waals surface area contributed by atoms with E-state index in [4.69, 9.17) is 0 Å². The summed E-state index contributed by atoms with van der Waals surface area (Å²) in [6.07, 6.45) is 1.82. The number of pyridine rings is 1. The molecule has 0 amide bonds. The van der Waals surface area contributed by atoms with Gasteiger partial charge in [-0.15, -0.1) is 0 Å². The number of nitrogens with zero attached hydrogens (tertiary/aromatic N) is 2. The van der Waals surface area contributed by atoms with Gasteiger partial charge in [-0.1, -0.05) is 48.5 Å². The molecular weight excluding hydrogens is 420 g/mol. The third kappa shape index (κ3) is 3.94. The highest BCUT2D eigenvalue weighted by atomic mass is 32.2. The summed E-state index contributed by atoms with van der Waals surface area (Å²) in [4.78, 5) is 12.8. The molecular formula is C26H26N2O3S. The zero-order chi connectivity index (χ0) is 22.9. The van der Waals surface area contributed by atoms with Crippen molar-refractivity contribution in [3.8, 4) is 22.3 Å². The predicted molar refractivity (Wildman–Crippen MR) is 133 cm³/mol. The molecule has 0 aliphatic heterocycles. The van der Waals surface area contributed by atoms with Gasteiger partial charge in [-0.25, -0.2) is 8.42 Å². The van der Waals surface area contributed by atoms with Crippen LogP contribution >= 0.6 is 0 Å². The standard InChI is InChI=1S/C26H26N2O3S/c1-4-28(32(30,31)5-2)22-13-9-12-21(16-22)25-18-27(3)26(29)23-15-14-20(17-24(23)25)19-10-7-6-8-11-19/h6-18H,4-5H2,1-3H3. The topological polar surface area (TPSA) is 59.4 Å². The molecule has 3 aromatic carbocycles. The fourth-order valence-electron chi connectivity index (χ4n) is 4.03. The Hall–Kier alpha value is -3.38. The van der Waals surface area contributed by atoms with Crippen LogP contribution in [0.2, 0.25) is 0 Å². The van der Waals surface area contributed by atoms with E-state index < -0.39 is 10.0 Å². The number of benzene rings is 3. The van der Waals surface area contributed by atoms with Gasteiger partial charge in [-0.3, -0.25) is 9.10 Å². The average Bonchev–Trinajstić information content (AvgIpc) is 2.82. The molecule has 0 N–H and O–H groups in total. The van der Waals surface area contributed by atoms with Gasteiger partial charge >= 0.3 is 0 Å². The van der Waals surface area contributed by atoms with E-state index in [-0.39, 0.29) is 11.3 Å². The maximum atomic E-state index is 12.8. The van der Waals surface area contributed by atoms with Gasteiger partial charge in [0.1, 0.15) is 0 Å². The normalized spacial score (nSPS) is 11.6. The number of fused-ring (bicyclic) bond motifs is 1. The Morgan fingerprint density at radius 3 is 2.22 bits per heavy atom. The number of hydrogen-bond acceptors (Lipinski definition) is 3. The summed E-state index contributed by atoms with van der Waals surface area (Å²) in [5.74, 6) is 0.0360. The van der Waals surface area contributed by atoms with Gasteiger partial charge < -0.3 is 4.57 Å². The van der Waals surface area contributed by atoms with Gasteiger partial charge in [0.05, 0.1) is 11.4 Å². The van der Waals surface area contributed by atoms with Crippen LogP contribution in [0.1, 0.15) is 13.8 Å². The molecule has 0 fully saturated rings. The molecule has 5 nitrogen and oxygen atoms in total. The third-order valence-electron chi connectivity index (χ3n) is 5.72. The van der Waals surface area contributed by atoms with Crippen LogP contribution in [-0.2, 0) is 17.1 Å². The summed E-state index contributed by atoms with van der Waals surface area (Å²) in [5, 5.41) is 1.47. The lowest BCUT2D eigenvalue weighted by Crippen LogP contribution is -2.32. The maximum Gasteiger partial charge on any atom is 0.258 e. The fraction of sp³-hybridized carbons (Fsp3) is 0.192. The Bertz CT molecular complexity index is 1440. The lowest BCUT2D eigenvalue weighted by molar-refractivity contribution is 0.593. The van der Waals surface area contributed by atoms with Gasteiger partial charge in [0.25, 0.3) is 5.56 Å². The predicted octanol–water partition coefficient (Wildman–Crippen LogP) is 5.05. The number of aromatic nitrogens is 1. The van der Waals surface area contributed by atoms with Gasteiger partial charge in [0, 0.05) is 30.7 Å². The molecule has 0 aliphatic carbocycles. The van der Waals surface area contributed by atoms with Crippen molar-refractivity contribution in [3.05, 3.63) is 89.3 Å². The van der Waals surface area contributed by atoms with Crippen LogP contribution in [0.5, 0.6) is 0 Å². The van der Waals surface area contributed by atoms with Crippen LogP contribution in [0, 0.1) is 0 Å². The summed E-state index contributed by atoms with van der Waals surface area (Å²) in [5.41, 5.74) is 4.38. The van der Waals surface area contributed by atoms with Crippen molar-refractivity contribution in [2.45, 2.75) is 13.8 Å². The smallest absolute Gasteiger partial charge is 0.258 e. The van der Waals surface area contributed by atoms with Crippen LogP contribution in [-0.4, -0.2) is 25.3 Å². The lowest BCUT2D eigenvalue weighted by atomic mass is 9.96. The first-order chi connectivity index (χ1) is 15.4. The summed E-state index contributed by atoms with van der Waals surface area (Å²) >= 11 is 0. The molecule has 1 aromatic heterocycles. The molecule has 0 aliphatic rings. The Morgan fingerprint density at radius 1 is 0.812 bits per heavy atom. The number of aryl methyl sites for hydroxylation is 1. The quantitative estimate of drug-likeness (QED) is 0.416. The van der Waals surface area contributed by atoms with Crippen LogP contribution in [0.3, 0.4) is 0 Å². The molecule has 4 aromatic rings. The van der Waals surface area contributed by atoms with Gasteiger partial charge in [-0.05, 0) is 60.2 Å². The second-order valence-electron chi connectivity index (χ2n) is 7.70. The van der Waals surface area contributed by atoms with E-state index in [0.717, 1.165) is 27.6 Å². The molecule has 1 heterocycles. The van der Waals surface area contributed by atoms with E-state index >= 15 is 0 Å². The number of hydrogen-bond donors (Lipinski definition) is 0. The molecule has 0 unspecified atom stereocenters. The van der Waals surface area contributed by atoms with E-state index in [1.54, 1.807) is 24.6 Å². The van der Waals surface area contributed by atoms with Crippen molar-refractivity contribution in [1.82, 2.24) is 4.57 Å². The first-order valence-electron chi connectivity index (χ1n) is 10.7. The maximum absolute atomic E-state index is 12.8. The molecule has 6 heteroatoms. The second kappa shape index (κ2) is 8.63. The Balaban J connectivity index is 1.95. The zero-order valence-electron chi connectivity index (χ0n) is 18.4. The summed E-state index contributed by atoms with van der Waals surface area (Å²) in [7, 11) is -1.65. The Kier molecular flexibility index (Phi) is 5.89. The summed E-state index contributed by atoms with van der Waals surface area (Å²) in [6, 6.07) is 23.4. The van der Waals surface area contributed by atoms with E-state index in [2.05, 4.69) is 0 Å². The van der Waals surface area contributed by atoms with E-state index in [9.17, 15) is 13.2 Å². The van der Waals surface area contributed by atoms with Crippen molar-refractivity contribution in [3.63, 3.8) is 0 Å². The van der Waals surface area contributed by atoms with Crippen molar-refractivity contribution < 1.29 is 8.42 Å². The Morgan fingerprint density at radius 2 is 1.53 bits per heavy atom. The molecule has 0 atom stereocenters. The minimum atomic E-state index is -3.38. The number of sulfonamides is 1. The van der Waals surface area contributed by atoms with Crippen LogP contribution in [0.4, 0.5) is 5.69 Å². The molecule has 0 radical (unpaired) electrons. The van der Waals surface area contributed by atoms with E-state index in [1.807, 2.05) is 79.9 Å². The molecule has 0 bridgehead atoms. The van der Waals surface area contributed by atoms with Crippen molar-refractivity contribution in [1.29, 1.82) is 0 Å². The van der Waals surface area contributed by atoms with Crippen LogP contribution < -0.4 is 9.86 Å². The molecule has 0 saturated carbocycles.